The van der Waals surface area contributed by atoms with E-state index in [1.165, 1.54) is 0 Å². The minimum Gasteiger partial charge on any atom is -0.481 e. The first kappa shape index (κ1) is 13.8. The summed E-state index contributed by atoms with van der Waals surface area (Å²) in [5.74, 6) is -1.20. The number of fused-ring (bicyclic) bond motifs is 1. The zero-order valence-electron chi connectivity index (χ0n) is 10.8. The van der Waals surface area contributed by atoms with E-state index in [9.17, 15) is 4.79 Å². The Bertz CT molecular complexity index is 615. The van der Waals surface area contributed by atoms with Gasteiger partial charge in [0, 0.05) is 35.3 Å². The van der Waals surface area contributed by atoms with Crippen LogP contribution in [0.3, 0.4) is 0 Å². The van der Waals surface area contributed by atoms with Gasteiger partial charge in [0.15, 0.2) is 0 Å². The van der Waals surface area contributed by atoms with Crippen LogP contribution in [0.1, 0.15) is 6.92 Å². The molecule has 0 fully saturated rings. The molecule has 0 bridgehead atoms. The molecule has 0 aliphatic heterocycles. The Morgan fingerprint density at radius 3 is 2.89 bits per heavy atom. The van der Waals surface area contributed by atoms with Crippen LogP contribution >= 0.6 is 15.9 Å². The SMILES string of the molecule is CC(CN(C)c1ccnc2cc(Br)ccc12)C(=O)O. The second kappa shape index (κ2) is 5.57. The molecule has 2 rings (SSSR count). The highest BCUT2D eigenvalue weighted by Gasteiger charge is 2.15. The van der Waals surface area contributed by atoms with Gasteiger partial charge in [-0.15, -0.1) is 0 Å². The van der Waals surface area contributed by atoms with Gasteiger partial charge in [-0.25, -0.2) is 0 Å². The molecule has 5 heteroatoms. The fourth-order valence-electron chi connectivity index (χ4n) is 2.03. The molecule has 0 spiro atoms. The molecular weight excluding hydrogens is 308 g/mol. The lowest BCUT2D eigenvalue weighted by Gasteiger charge is -2.22. The van der Waals surface area contributed by atoms with Crippen LogP contribution in [0.4, 0.5) is 5.69 Å². The van der Waals surface area contributed by atoms with Crippen molar-refractivity contribution >= 4 is 38.5 Å². The van der Waals surface area contributed by atoms with Gasteiger partial charge in [-0.3, -0.25) is 9.78 Å². The van der Waals surface area contributed by atoms with Gasteiger partial charge in [0.2, 0.25) is 0 Å². The number of rotatable bonds is 4. The van der Waals surface area contributed by atoms with Crippen molar-refractivity contribution < 1.29 is 9.90 Å². The first-order valence-electron chi connectivity index (χ1n) is 5.97. The molecule has 0 aliphatic rings. The largest absolute Gasteiger partial charge is 0.481 e. The second-order valence-corrected chi connectivity index (χ2v) is 5.53. The smallest absolute Gasteiger partial charge is 0.308 e. The summed E-state index contributed by atoms with van der Waals surface area (Å²) >= 11 is 3.42. The normalized spacial score (nSPS) is 12.4. The van der Waals surface area contributed by atoms with Gasteiger partial charge in [0.25, 0.3) is 0 Å². The lowest BCUT2D eigenvalue weighted by atomic mass is 10.1. The van der Waals surface area contributed by atoms with E-state index in [-0.39, 0.29) is 0 Å². The van der Waals surface area contributed by atoms with Gasteiger partial charge in [0.1, 0.15) is 0 Å². The Morgan fingerprint density at radius 2 is 2.21 bits per heavy atom. The van der Waals surface area contributed by atoms with Gasteiger partial charge in [-0.05, 0) is 24.3 Å². The topological polar surface area (TPSA) is 53.4 Å². The van der Waals surface area contributed by atoms with Gasteiger partial charge < -0.3 is 10.0 Å². The maximum atomic E-state index is 10.9. The third kappa shape index (κ3) is 3.04. The van der Waals surface area contributed by atoms with Crippen molar-refractivity contribution in [3.05, 3.63) is 34.9 Å². The van der Waals surface area contributed by atoms with E-state index in [0.717, 1.165) is 21.1 Å². The van der Waals surface area contributed by atoms with E-state index in [1.54, 1.807) is 13.1 Å². The summed E-state index contributed by atoms with van der Waals surface area (Å²) in [5, 5.41) is 10.0. The van der Waals surface area contributed by atoms with Crippen LogP contribution in [-0.2, 0) is 4.79 Å². The van der Waals surface area contributed by atoms with Crippen LogP contribution in [-0.4, -0.2) is 29.7 Å². The Balaban J connectivity index is 2.36. The van der Waals surface area contributed by atoms with E-state index in [0.29, 0.717) is 6.54 Å². The molecule has 0 aliphatic carbocycles. The Labute approximate surface area is 120 Å². The molecule has 2 aromatic rings. The van der Waals surface area contributed by atoms with Gasteiger partial charge >= 0.3 is 5.97 Å². The first-order valence-corrected chi connectivity index (χ1v) is 6.76. The van der Waals surface area contributed by atoms with Gasteiger partial charge in [0.05, 0.1) is 11.4 Å². The van der Waals surface area contributed by atoms with Gasteiger partial charge in [-0.2, -0.15) is 0 Å². The average Bonchev–Trinajstić information content (AvgIpc) is 2.37. The summed E-state index contributed by atoms with van der Waals surface area (Å²) < 4.78 is 0.978. The first-order chi connectivity index (χ1) is 8.99. The summed E-state index contributed by atoms with van der Waals surface area (Å²) in [5.41, 5.74) is 1.88. The van der Waals surface area contributed by atoms with Crippen molar-refractivity contribution in [2.24, 2.45) is 5.92 Å². The standard InChI is InChI=1S/C14H15BrN2O2/c1-9(14(18)19)8-17(2)13-5-6-16-12-7-10(15)3-4-11(12)13/h3-7,9H,8H2,1-2H3,(H,18,19). The lowest BCUT2D eigenvalue weighted by molar-refractivity contribution is -0.140. The van der Waals surface area contributed by atoms with Crippen LogP contribution in [0.5, 0.6) is 0 Å². The van der Waals surface area contributed by atoms with Crippen molar-refractivity contribution in [1.29, 1.82) is 0 Å². The minimum atomic E-state index is -0.784. The number of aromatic nitrogens is 1. The number of benzene rings is 1. The molecular formula is C14H15BrN2O2. The maximum absolute atomic E-state index is 10.9. The second-order valence-electron chi connectivity index (χ2n) is 4.61. The highest BCUT2D eigenvalue weighted by molar-refractivity contribution is 9.10. The summed E-state index contributed by atoms with van der Waals surface area (Å²) in [7, 11) is 1.90. The molecule has 1 heterocycles. The summed E-state index contributed by atoms with van der Waals surface area (Å²) in [6, 6.07) is 7.81. The molecule has 1 atom stereocenters. The zero-order chi connectivity index (χ0) is 14.0. The highest BCUT2D eigenvalue weighted by Crippen LogP contribution is 2.27. The maximum Gasteiger partial charge on any atom is 0.308 e. The number of anilines is 1. The number of hydrogen-bond donors (Lipinski definition) is 1. The van der Waals surface area contributed by atoms with E-state index in [2.05, 4.69) is 20.9 Å². The third-order valence-electron chi connectivity index (χ3n) is 3.06. The summed E-state index contributed by atoms with van der Waals surface area (Å²) in [6.07, 6.45) is 1.74. The minimum absolute atomic E-state index is 0.413. The number of carbonyl (C=O) groups is 1. The average molecular weight is 323 g/mol. The molecule has 1 aromatic carbocycles. The number of carboxylic acids is 1. The molecule has 100 valence electrons. The van der Waals surface area contributed by atoms with Crippen molar-refractivity contribution in [2.45, 2.75) is 6.92 Å². The fourth-order valence-corrected chi connectivity index (χ4v) is 2.38. The molecule has 0 saturated heterocycles. The number of aliphatic carboxylic acids is 1. The Morgan fingerprint density at radius 1 is 1.47 bits per heavy atom. The molecule has 1 N–H and O–H groups in total. The quantitative estimate of drug-likeness (QED) is 0.939. The predicted octanol–water partition coefficient (Wildman–Crippen LogP) is 3.15. The van der Waals surface area contributed by atoms with Crippen molar-refractivity contribution in [3.8, 4) is 0 Å². The number of hydrogen-bond acceptors (Lipinski definition) is 3. The number of nitrogens with zero attached hydrogens (tertiary/aromatic N) is 2. The molecule has 0 saturated carbocycles. The molecule has 1 unspecified atom stereocenters. The molecule has 19 heavy (non-hydrogen) atoms. The Hall–Kier alpha value is -1.62. The lowest BCUT2D eigenvalue weighted by Crippen LogP contribution is -2.28. The zero-order valence-corrected chi connectivity index (χ0v) is 12.4. The highest BCUT2D eigenvalue weighted by atomic mass is 79.9. The molecule has 0 amide bonds. The van der Waals surface area contributed by atoms with Crippen molar-refractivity contribution in [3.63, 3.8) is 0 Å². The molecule has 1 aromatic heterocycles. The van der Waals surface area contributed by atoms with Crippen molar-refractivity contribution in [1.82, 2.24) is 4.98 Å². The van der Waals surface area contributed by atoms with Crippen LogP contribution < -0.4 is 4.90 Å². The number of carboxylic acid groups (broad SMARTS) is 1. The van der Waals surface area contributed by atoms with Crippen LogP contribution in [0.25, 0.3) is 10.9 Å². The number of pyridine rings is 1. The summed E-state index contributed by atoms with van der Waals surface area (Å²) in [4.78, 5) is 17.2. The third-order valence-corrected chi connectivity index (χ3v) is 3.56. The molecule has 4 nitrogen and oxygen atoms in total. The van der Waals surface area contributed by atoms with E-state index < -0.39 is 11.9 Å². The van der Waals surface area contributed by atoms with Crippen LogP contribution in [0.15, 0.2) is 34.9 Å². The monoisotopic (exact) mass is 322 g/mol. The van der Waals surface area contributed by atoms with E-state index in [1.807, 2.05) is 36.2 Å². The van der Waals surface area contributed by atoms with Crippen LogP contribution in [0.2, 0.25) is 0 Å². The fraction of sp³-hybridized carbons (Fsp3) is 0.286. The molecule has 0 radical (unpaired) electrons. The van der Waals surface area contributed by atoms with E-state index in [4.69, 9.17) is 5.11 Å². The van der Waals surface area contributed by atoms with Crippen LogP contribution in [0, 0.1) is 5.92 Å². The van der Waals surface area contributed by atoms with Gasteiger partial charge in [-0.1, -0.05) is 22.9 Å². The van der Waals surface area contributed by atoms with E-state index >= 15 is 0 Å². The number of halogens is 1. The summed E-state index contributed by atoms with van der Waals surface area (Å²) in [6.45, 7) is 2.17. The predicted molar refractivity (Wildman–Crippen MR) is 79.5 cm³/mol. The van der Waals surface area contributed by atoms with Crippen molar-refractivity contribution in [2.75, 3.05) is 18.5 Å². The Kier molecular flexibility index (Phi) is 4.04.